The van der Waals surface area contributed by atoms with Crippen molar-refractivity contribution in [1.82, 2.24) is 39.6 Å². The Morgan fingerprint density at radius 3 is 2.60 bits per heavy atom. The molecule has 1 aliphatic heterocycles. The van der Waals surface area contributed by atoms with Crippen LogP contribution in [0.25, 0.3) is 11.2 Å². The molecular weight excluding hydrogens is 850 g/mol. The topological polar surface area (TPSA) is 266 Å². The molecule has 0 radical (unpaired) electrons. The van der Waals surface area contributed by atoms with Gasteiger partial charge in [-0.3, -0.25) is 0 Å². The number of anilines is 2. The van der Waals surface area contributed by atoms with Gasteiger partial charge in [0, 0.05) is 0 Å². The van der Waals surface area contributed by atoms with Gasteiger partial charge < -0.3 is 0 Å². The minimum atomic E-state index is -3.54. The summed E-state index contributed by atoms with van der Waals surface area (Å²) in [6, 6.07) is 4.03. The predicted molar refractivity (Wildman–Crippen MR) is 234 cm³/mol. The van der Waals surface area contributed by atoms with E-state index in [1.54, 1.807) is 18.4 Å². The third-order valence-corrected chi connectivity index (χ3v) is 20.6. The van der Waals surface area contributed by atoms with Gasteiger partial charge in [0.2, 0.25) is 0 Å². The predicted octanol–water partition coefficient (Wildman–Crippen LogP) is 3.85. The van der Waals surface area contributed by atoms with E-state index in [9.17, 15) is 24.8 Å². The van der Waals surface area contributed by atoms with Crippen LogP contribution >= 0.6 is 19.3 Å². The van der Waals surface area contributed by atoms with Crippen LogP contribution in [0.15, 0.2) is 23.8 Å². The van der Waals surface area contributed by atoms with Crippen LogP contribution in [0.1, 0.15) is 85.8 Å². The summed E-state index contributed by atoms with van der Waals surface area (Å²) in [5.41, 5.74) is -0.389. The van der Waals surface area contributed by atoms with E-state index >= 15 is 0 Å². The number of nitriles is 1. The Labute approximate surface area is 359 Å². The molecule has 5 rings (SSSR count). The summed E-state index contributed by atoms with van der Waals surface area (Å²) in [7, 11) is -9.23. The first-order valence-corrected chi connectivity index (χ1v) is 28.1. The fraction of sp³-hybridized carbons (Fsp3) is 0.722. The maximum atomic E-state index is 13.2. The zero-order valence-electron chi connectivity index (χ0n) is 35.1. The molecule has 3 aromatic heterocycles. The number of aromatic amines is 1. The van der Waals surface area contributed by atoms with Crippen LogP contribution in [0.4, 0.5) is 11.9 Å². The number of aromatic nitrogens is 7. The standard InChI is InChI=1S/C36H62N11O9PSSi2/c1-6-14-59(56-60(51,15-7-2)16-8-3)55-30-27(34(54-28(30)19-48)47-23-41-29-31(47)44-36(46-33(29)50)45-32(49)24(4)5)18-42-57(58,52-13-9-12-37)53-20-25-10-11-26(17-25)43-35-39-21-38-22-40-35/h21-28,30,34,42,48,51,57-59H,6-11,13-20H2,1-5H3,(H,38,39,40,43)(H2,44,45,46,49,50)/t25?,26?,27?,28-,30+,34-,59?/m1/s1. The van der Waals surface area contributed by atoms with Gasteiger partial charge in [-0.2, -0.15) is 0 Å². The van der Waals surface area contributed by atoms with Gasteiger partial charge in [-0.1, -0.05) is 0 Å². The average molecular weight is 912 g/mol. The summed E-state index contributed by atoms with van der Waals surface area (Å²) >= 11 is 5.00. The monoisotopic (exact) mass is 911 g/mol. The number of fused-ring (bicyclic) bond motifs is 1. The Balaban J connectivity index is 1.45. The normalized spacial score (nSPS) is 22.9. The third kappa shape index (κ3) is 13.0. The van der Waals surface area contributed by atoms with Crippen LogP contribution in [-0.2, 0) is 27.1 Å². The second kappa shape index (κ2) is 22.9. The molecule has 334 valence electrons. The number of rotatable bonds is 25. The molecule has 2 aliphatic rings. The van der Waals surface area contributed by atoms with Crippen molar-refractivity contribution >= 4 is 66.1 Å². The van der Waals surface area contributed by atoms with Crippen molar-refractivity contribution in [3.8, 4) is 6.07 Å². The number of carbonyl (C=O) groups is 1. The molecule has 24 heteroatoms. The van der Waals surface area contributed by atoms with E-state index in [0.717, 1.165) is 38.5 Å². The number of imidazole rings is 1. The van der Waals surface area contributed by atoms with Crippen molar-refractivity contribution < 1.29 is 37.0 Å². The summed E-state index contributed by atoms with van der Waals surface area (Å²) in [5.74, 6) is -0.674. The summed E-state index contributed by atoms with van der Waals surface area (Å²) in [4.78, 5) is 61.3. The van der Waals surface area contributed by atoms with E-state index in [-0.39, 0.29) is 60.5 Å². The van der Waals surface area contributed by atoms with E-state index < -0.39 is 61.4 Å². The molecule has 0 aromatic carbocycles. The van der Waals surface area contributed by atoms with Crippen LogP contribution < -0.4 is 21.3 Å². The zero-order chi connectivity index (χ0) is 43.3. The van der Waals surface area contributed by atoms with E-state index in [1.165, 1.54) is 19.0 Å². The Bertz CT molecular complexity index is 1910. The van der Waals surface area contributed by atoms with Gasteiger partial charge in [-0.15, -0.1) is 0 Å². The molecule has 7 atom stereocenters. The van der Waals surface area contributed by atoms with E-state index in [0.29, 0.717) is 30.7 Å². The molecule has 1 aliphatic carbocycles. The third-order valence-electron chi connectivity index (χ3n) is 10.5. The number of ether oxygens (including phenoxy) is 1. The first-order chi connectivity index (χ1) is 28.8. The summed E-state index contributed by atoms with van der Waals surface area (Å²) < 4.78 is 34.5. The molecule has 20 nitrogen and oxygen atoms in total. The molecule has 1 saturated carbocycles. The van der Waals surface area contributed by atoms with Gasteiger partial charge in [-0.05, 0) is 0 Å². The number of nitrogens with one attached hydrogen (secondary N) is 4. The van der Waals surface area contributed by atoms with E-state index in [1.807, 2.05) is 20.8 Å². The van der Waals surface area contributed by atoms with Crippen molar-refractivity contribution in [3.63, 3.8) is 0 Å². The Hall–Kier alpha value is -2.99. The van der Waals surface area contributed by atoms with Crippen LogP contribution in [0.3, 0.4) is 0 Å². The van der Waals surface area contributed by atoms with Gasteiger partial charge in [0.1, 0.15) is 0 Å². The first-order valence-electron chi connectivity index (χ1n) is 20.9. The number of aliphatic hydroxyl groups excluding tert-OH is 1. The number of hydrogen-bond acceptors (Lipinski definition) is 18. The SMILES string of the molecule is CCC[SiH](O[C@H]1C(CN[PH](S)(OCCC#N)OCC2CCC(Nc3ncncn3)C2)[C@H](n2cnc3c(=O)[nH]c(NC(=O)C(C)C)nc32)O[C@@H]1CO)O[Si](O)(CCC)CCC. The summed E-state index contributed by atoms with van der Waals surface area (Å²) in [6.45, 7) is 9.67. The van der Waals surface area contributed by atoms with Crippen LogP contribution in [0.2, 0.25) is 18.1 Å². The number of carbonyl (C=O) groups excluding carboxylic acids is 1. The second-order valence-corrected chi connectivity index (χ2v) is 25.1. The Kier molecular flexibility index (Phi) is 18.4. The Morgan fingerprint density at radius 1 is 1.18 bits per heavy atom. The zero-order valence-corrected chi connectivity index (χ0v) is 39.1. The summed E-state index contributed by atoms with van der Waals surface area (Å²) in [6.07, 6.45) is 6.82. The number of nitrogens with zero attached hydrogens (tertiary/aromatic N) is 7. The van der Waals surface area contributed by atoms with Crippen molar-refractivity contribution in [2.75, 3.05) is 37.0 Å². The van der Waals surface area contributed by atoms with Crippen molar-refractivity contribution in [1.29, 1.82) is 5.26 Å². The molecule has 1 saturated heterocycles. The molecule has 60 heavy (non-hydrogen) atoms. The van der Waals surface area contributed by atoms with Gasteiger partial charge in [0.05, 0.1) is 0 Å². The van der Waals surface area contributed by atoms with Gasteiger partial charge >= 0.3 is 360 Å². The van der Waals surface area contributed by atoms with Gasteiger partial charge in [-0.25, -0.2) is 0 Å². The molecule has 3 aromatic rings. The Morgan fingerprint density at radius 2 is 1.93 bits per heavy atom. The second-order valence-electron chi connectivity index (χ2n) is 15.7. The van der Waals surface area contributed by atoms with E-state index in [2.05, 4.69) is 51.7 Å². The molecular formula is C36H62N11O9PSSi2. The van der Waals surface area contributed by atoms with E-state index in [4.69, 9.17) is 34.6 Å². The molecule has 0 spiro atoms. The fourth-order valence-electron chi connectivity index (χ4n) is 7.60. The number of thiol groups is 1. The van der Waals surface area contributed by atoms with Crippen LogP contribution in [0.5, 0.6) is 0 Å². The van der Waals surface area contributed by atoms with Crippen molar-refractivity contribution in [2.45, 2.75) is 122 Å². The number of amides is 1. The van der Waals surface area contributed by atoms with Crippen LogP contribution in [0, 0.1) is 29.1 Å². The van der Waals surface area contributed by atoms with Crippen LogP contribution in [-0.4, -0.2) is 113 Å². The van der Waals surface area contributed by atoms with Crippen molar-refractivity contribution in [3.05, 3.63) is 29.3 Å². The molecule has 2 fully saturated rings. The maximum absolute atomic E-state index is 13.2. The number of hydrogen-bond donors (Lipinski definition) is 7. The molecule has 1 amide bonds. The molecule has 6 N–H and O–H groups in total. The minimum absolute atomic E-state index is 0.0236. The first kappa shape index (κ1) is 48.1. The number of aliphatic hydroxyl groups is 1. The van der Waals surface area contributed by atoms with Gasteiger partial charge in [0.25, 0.3) is 0 Å². The summed E-state index contributed by atoms with van der Waals surface area (Å²) in [5, 5.41) is 29.7. The molecule has 0 bridgehead atoms. The average Bonchev–Trinajstić information content (AvgIpc) is 3.94. The quantitative estimate of drug-likeness (QED) is 0.0275. The molecule has 4 unspecified atom stereocenters. The van der Waals surface area contributed by atoms with Crippen molar-refractivity contribution in [2.24, 2.45) is 17.8 Å². The number of H-pyrrole nitrogens is 1. The van der Waals surface area contributed by atoms with Gasteiger partial charge in [0.15, 0.2) is 0 Å². The fourth-order valence-corrected chi connectivity index (χ4v) is 16.7. The molecule has 4 heterocycles.